The van der Waals surface area contributed by atoms with Crippen LogP contribution in [0, 0.1) is 18.5 Å². The Kier molecular flexibility index (Phi) is 9.13. The Morgan fingerprint density at radius 3 is 2.34 bits per heavy atom. The molecule has 3 rings (SSSR count). The lowest BCUT2D eigenvalue weighted by atomic mass is 10.1. The minimum atomic E-state index is -0.399. The van der Waals surface area contributed by atoms with Crippen LogP contribution in [-0.2, 0) is 11.4 Å². The monoisotopic (exact) mass is 712 g/mol. The molecule has 0 saturated carbocycles. The number of hydrogen-bond acceptors (Lipinski definition) is 3. The van der Waals surface area contributed by atoms with E-state index in [1.54, 1.807) is 6.08 Å². The van der Waals surface area contributed by atoms with Crippen molar-refractivity contribution in [1.29, 1.82) is 5.26 Å². The van der Waals surface area contributed by atoms with Gasteiger partial charge in [-0.15, -0.1) is 0 Å². The molecule has 162 valence electrons. The lowest BCUT2D eigenvalue weighted by Gasteiger charge is -2.14. The molecule has 0 fully saturated rings. The van der Waals surface area contributed by atoms with Crippen molar-refractivity contribution in [3.63, 3.8) is 0 Å². The number of ether oxygens (including phenoxy) is 1. The summed E-state index contributed by atoms with van der Waals surface area (Å²) in [6, 6.07) is 23.3. The topological polar surface area (TPSA) is 62.1 Å². The van der Waals surface area contributed by atoms with Crippen molar-refractivity contribution in [1.82, 2.24) is 5.32 Å². The Labute approximate surface area is 223 Å². The number of benzene rings is 3. The standard InChI is InChI=1S/C25H19BrI2N2O2/c1-16(19-5-3-2-4-6-19)30-25(31)20(14-29)11-18-12-22(27)24(23(28)13-18)32-15-17-7-9-21(26)10-8-17/h2-13,16H,15H2,1H3,(H,30,31)/b20-11-/t16-/m0/s1. The molecule has 4 nitrogen and oxygen atoms in total. The molecule has 1 N–H and O–H groups in total. The minimum Gasteiger partial charge on any atom is -0.487 e. The van der Waals surface area contributed by atoms with Gasteiger partial charge in [0.2, 0.25) is 0 Å². The Balaban J connectivity index is 1.74. The highest BCUT2D eigenvalue weighted by molar-refractivity contribution is 14.1. The quantitative estimate of drug-likeness (QED) is 0.163. The van der Waals surface area contributed by atoms with Gasteiger partial charge < -0.3 is 10.1 Å². The Hall–Kier alpha value is -1.90. The molecule has 0 saturated heterocycles. The van der Waals surface area contributed by atoms with E-state index < -0.39 is 5.91 Å². The van der Waals surface area contributed by atoms with Crippen molar-refractivity contribution in [3.8, 4) is 11.8 Å². The molecular weight excluding hydrogens is 694 g/mol. The average Bonchev–Trinajstić information content (AvgIpc) is 2.78. The van der Waals surface area contributed by atoms with Crippen LogP contribution in [0.4, 0.5) is 0 Å². The molecule has 0 aliphatic carbocycles. The van der Waals surface area contributed by atoms with Crippen LogP contribution in [0.1, 0.15) is 29.7 Å². The summed E-state index contributed by atoms with van der Waals surface area (Å²) in [6.45, 7) is 2.35. The third-order valence-electron chi connectivity index (χ3n) is 4.64. The maximum absolute atomic E-state index is 12.6. The van der Waals surface area contributed by atoms with Gasteiger partial charge in [-0.3, -0.25) is 4.79 Å². The molecule has 7 heteroatoms. The zero-order valence-electron chi connectivity index (χ0n) is 17.1. The molecule has 1 amide bonds. The fraction of sp³-hybridized carbons (Fsp3) is 0.120. The second-order valence-corrected chi connectivity index (χ2v) is 10.2. The zero-order valence-corrected chi connectivity index (χ0v) is 23.0. The summed E-state index contributed by atoms with van der Waals surface area (Å²) in [4.78, 5) is 12.6. The minimum absolute atomic E-state index is 0.0583. The van der Waals surface area contributed by atoms with Crippen LogP contribution >= 0.6 is 61.1 Å². The highest BCUT2D eigenvalue weighted by Gasteiger charge is 2.15. The van der Waals surface area contributed by atoms with E-state index in [4.69, 9.17) is 4.74 Å². The number of rotatable bonds is 7. The van der Waals surface area contributed by atoms with Gasteiger partial charge in [0.1, 0.15) is 24.0 Å². The molecule has 0 aromatic heterocycles. The van der Waals surface area contributed by atoms with Gasteiger partial charge in [-0.05, 0) is 99.1 Å². The second kappa shape index (κ2) is 11.8. The first-order valence-corrected chi connectivity index (χ1v) is 12.7. The normalized spacial score (nSPS) is 12.0. The summed E-state index contributed by atoms with van der Waals surface area (Å²) in [5.74, 6) is 0.386. The van der Waals surface area contributed by atoms with Gasteiger partial charge in [0.25, 0.3) is 5.91 Å². The van der Waals surface area contributed by atoms with Gasteiger partial charge in [0.05, 0.1) is 13.2 Å². The second-order valence-electron chi connectivity index (χ2n) is 7.00. The van der Waals surface area contributed by atoms with Crippen LogP contribution in [0.2, 0.25) is 0 Å². The molecular formula is C25H19BrI2N2O2. The average molecular weight is 713 g/mol. The third kappa shape index (κ3) is 6.80. The Morgan fingerprint density at radius 1 is 1.12 bits per heavy atom. The molecule has 0 radical (unpaired) electrons. The first-order valence-electron chi connectivity index (χ1n) is 9.71. The molecule has 32 heavy (non-hydrogen) atoms. The number of hydrogen-bond donors (Lipinski definition) is 1. The first-order chi connectivity index (χ1) is 15.4. The van der Waals surface area contributed by atoms with E-state index >= 15 is 0 Å². The summed E-state index contributed by atoms with van der Waals surface area (Å²) >= 11 is 7.86. The molecule has 0 unspecified atom stereocenters. The summed E-state index contributed by atoms with van der Waals surface area (Å²) < 4.78 is 8.88. The maximum Gasteiger partial charge on any atom is 0.262 e. The van der Waals surface area contributed by atoms with Gasteiger partial charge >= 0.3 is 0 Å². The fourth-order valence-corrected chi connectivity index (χ4v) is 5.34. The van der Waals surface area contributed by atoms with Crippen molar-refractivity contribution < 1.29 is 9.53 Å². The third-order valence-corrected chi connectivity index (χ3v) is 6.77. The zero-order chi connectivity index (χ0) is 23.1. The number of nitrogens with zero attached hydrogens (tertiary/aromatic N) is 1. The van der Waals surface area contributed by atoms with Crippen molar-refractivity contribution in [2.75, 3.05) is 0 Å². The van der Waals surface area contributed by atoms with Gasteiger partial charge in [-0.25, -0.2) is 0 Å². The summed E-state index contributed by atoms with van der Waals surface area (Å²) in [6.07, 6.45) is 1.61. The van der Waals surface area contributed by atoms with Gasteiger partial charge in [0.15, 0.2) is 0 Å². The van der Waals surface area contributed by atoms with Gasteiger partial charge in [0, 0.05) is 4.47 Å². The summed E-state index contributed by atoms with van der Waals surface area (Å²) in [5.41, 5.74) is 2.88. The van der Waals surface area contributed by atoms with Crippen LogP contribution in [0.15, 0.2) is 76.8 Å². The smallest absolute Gasteiger partial charge is 0.262 e. The molecule has 3 aromatic rings. The van der Waals surface area contributed by atoms with E-state index in [1.807, 2.05) is 79.7 Å². The maximum atomic E-state index is 12.6. The van der Waals surface area contributed by atoms with Crippen LogP contribution in [0.3, 0.4) is 0 Å². The molecule has 0 heterocycles. The van der Waals surface area contributed by atoms with Crippen molar-refractivity contribution >= 4 is 73.1 Å². The van der Waals surface area contributed by atoms with Gasteiger partial charge in [-0.2, -0.15) is 5.26 Å². The van der Waals surface area contributed by atoms with Crippen molar-refractivity contribution in [2.45, 2.75) is 19.6 Å². The predicted octanol–water partition coefficient (Wildman–Crippen LogP) is 7.02. The van der Waals surface area contributed by atoms with E-state index in [-0.39, 0.29) is 11.6 Å². The fourth-order valence-electron chi connectivity index (χ4n) is 2.95. The Morgan fingerprint density at radius 2 is 1.75 bits per heavy atom. The highest BCUT2D eigenvalue weighted by atomic mass is 127. The largest absolute Gasteiger partial charge is 0.487 e. The summed E-state index contributed by atoms with van der Waals surface area (Å²) in [5, 5.41) is 12.4. The lowest BCUT2D eigenvalue weighted by molar-refractivity contribution is -0.117. The van der Waals surface area contributed by atoms with Crippen LogP contribution in [-0.4, -0.2) is 5.91 Å². The number of carbonyl (C=O) groups is 1. The van der Waals surface area contributed by atoms with Crippen LogP contribution in [0.5, 0.6) is 5.75 Å². The first kappa shape index (κ1) is 24.7. The van der Waals surface area contributed by atoms with E-state index in [0.717, 1.165) is 34.1 Å². The number of amides is 1. The molecule has 0 aliphatic rings. The Bertz CT molecular complexity index is 1150. The number of carbonyl (C=O) groups excluding carboxylic acids is 1. The van der Waals surface area contributed by atoms with E-state index in [2.05, 4.69) is 66.4 Å². The van der Waals surface area contributed by atoms with E-state index in [1.165, 1.54) is 0 Å². The van der Waals surface area contributed by atoms with Crippen molar-refractivity contribution in [2.24, 2.45) is 0 Å². The van der Waals surface area contributed by atoms with Crippen molar-refractivity contribution in [3.05, 3.63) is 101 Å². The highest BCUT2D eigenvalue weighted by Crippen LogP contribution is 2.30. The van der Waals surface area contributed by atoms with Gasteiger partial charge in [-0.1, -0.05) is 58.4 Å². The predicted molar refractivity (Wildman–Crippen MR) is 147 cm³/mol. The van der Waals surface area contributed by atoms with Crippen LogP contribution in [0.25, 0.3) is 6.08 Å². The number of nitrogens with one attached hydrogen (secondary N) is 1. The molecule has 0 spiro atoms. The lowest BCUT2D eigenvalue weighted by Crippen LogP contribution is -2.27. The number of halogens is 3. The molecule has 0 aliphatic heterocycles. The molecule has 3 aromatic carbocycles. The van der Waals surface area contributed by atoms with E-state index in [9.17, 15) is 10.1 Å². The number of nitriles is 1. The summed E-state index contributed by atoms with van der Waals surface area (Å²) in [7, 11) is 0. The SMILES string of the molecule is C[C@H](NC(=O)/C(C#N)=C\c1cc(I)c(OCc2ccc(Br)cc2)c(I)c1)c1ccccc1. The molecule has 0 bridgehead atoms. The molecule has 1 atom stereocenters. The van der Waals surface area contributed by atoms with E-state index in [0.29, 0.717) is 6.61 Å². The van der Waals surface area contributed by atoms with Crippen LogP contribution < -0.4 is 10.1 Å².